The summed E-state index contributed by atoms with van der Waals surface area (Å²) >= 11 is 9.11. The number of aliphatic hydroxyl groups excluding tert-OH is 1. The largest absolute Gasteiger partial charge is 0.394 e. The van der Waals surface area contributed by atoms with Crippen molar-refractivity contribution in [2.75, 3.05) is 6.61 Å². The Morgan fingerprint density at radius 3 is 2.83 bits per heavy atom. The Morgan fingerprint density at radius 1 is 1.61 bits per heavy atom. The molecule has 100 valence electrons. The van der Waals surface area contributed by atoms with Crippen molar-refractivity contribution in [3.63, 3.8) is 0 Å². The Balaban J connectivity index is 2.77. The fraction of sp³-hybridized carbons (Fsp3) is 0.500. The molecule has 18 heavy (non-hydrogen) atoms. The van der Waals surface area contributed by atoms with Crippen molar-refractivity contribution in [2.24, 2.45) is 5.92 Å². The molecule has 0 aliphatic carbocycles. The molecule has 0 spiro atoms. The van der Waals surface area contributed by atoms with Crippen LogP contribution in [0.25, 0.3) is 0 Å². The Morgan fingerprint density at radius 2 is 2.28 bits per heavy atom. The highest BCUT2D eigenvalue weighted by molar-refractivity contribution is 9.10. The van der Waals surface area contributed by atoms with Crippen molar-refractivity contribution in [2.45, 2.75) is 26.3 Å². The van der Waals surface area contributed by atoms with Gasteiger partial charge in [-0.3, -0.25) is 4.79 Å². The van der Waals surface area contributed by atoms with Crippen LogP contribution in [0.5, 0.6) is 0 Å². The number of nitrogens with zero attached hydrogens (tertiary/aromatic N) is 1. The lowest BCUT2D eigenvalue weighted by atomic mass is 10.0. The number of halogens is 2. The van der Waals surface area contributed by atoms with Crippen LogP contribution in [0, 0.1) is 5.92 Å². The second kappa shape index (κ2) is 7.07. The first kappa shape index (κ1) is 15.4. The predicted octanol–water partition coefficient (Wildman–Crippen LogP) is 2.63. The van der Waals surface area contributed by atoms with Gasteiger partial charge in [0, 0.05) is 10.7 Å². The molecule has 1 rings (SSSR count). The lowest BCUT2D eigenvalue weighted by Crippen LogP contribution is -2.38. The smallest absolute Gasteiger partial charge is 0.254 e. The summed E-state index contributed by atoms with van der Waals surface area (Å²) in [5.74, 6) is 0.0621. The molecule has 0 aliphatic rings. The van der Waals surface area contributed by atoms with E-state index in [0.717, 1.165) is 0 Å². The summed E-state index contributed by atoms with van der Waals surface area (Å²) in [7, 11) is 0. The molecular weight excluding hydrogens is 320 g/mol. The molecule has 0 aliphatic heterocycles. The van der Waals surface area contributed by atoms with Crippen LogP contribution >= 0.6 is 27.5 Å². The fourth-order valence-electron chi connectivity index (χ4n) is 1.59. The summed E-state index contributed by atoms with van der Waals surface area (Å²) in [4.78, 5) is 15.9. The minimum atomic E-state index is -0.325. The molecule has 0 saturated heterocycles. The molecule has 0 aromatic carbocycles. The number of hydrogen-bond donors (Lipinski definition) is 2. The minimum Gasteiger partial charge on any atom is -0.394 e. The molecule has 0 bridgehead atoms. The molecule has 0 radical (unpaired) electrons. The van der Waals surface area contributed by atoms with Crippen LogP contribution < -0.4 is 5.32 Å². The number of carbonyl (C=O) groups is 1. The predicted molar refractivity (Wildman–Crippen MR) is 74.7 cm³/mol. The minimum absolute atomic E-state index is 0.0943. The standard InChI is InChI=1S/C12H16BrClN2O2/c1-7(2)3-9(6-17)16-12(18)10-4-8(13)5-15-11(10)14/h4-5,7,9,17H,3,6H2,1-2H3,(H,16,18). The summed E-state index contributed by atoms with van der Waals surface area (Å²) in [6.45, 7) is 3.97. The van der Waals surface area contributed by atoms with Crippen molar-refractivity contribution in [3.8, 4) is 0 Å². The molecule has 1 aromatic rings. The van der Waals surface area contributed by atoms with Crippen molar-refractivity contribution in [1.29, 1.82) is 0 Å². The molecule has 1 unspecified atom stereocenters. The quantitative estimate of drug-likeness (QED) is 0.813. The second-order valence-corrected chi connectivity index (χ2v) is 5.75. The SMILES string of the molecule is CC(C)CC(CO)NC(=O)c1cc(Br)cnc1Cl. The molecule has 4 nitrogen and oxygen atoms in total. The molecule has 0 saturated carbocycles. The van der Waals surface area contributed by atoms with Gasteiger partial charge in [-0.25, -0.2) is 4.98 Å². The van der Waals surface area contributed by atoms with Crippen LogP contribution in [0.15, 0.2) is 16.7 Å². The van der Waals surface area contributed by atoms with E-state index in [9.17, 15) is 9.90 Å². The van der Waals surface area contributed by atoms with E-state index in [4.69, 9.17) is 11.6 Å². The van der Waals surface area contributed by atoms with E-state index in [1.807, 2.05) is 13.8 Å². The van der Waals surface area contributed by atoms with Gasteiger partial charge in [0.05, 0.1) is 18.2 Å². The van der Waals surface area contributed by atoms with Gasteiger partial charge in [0.1, 0.15) is 5.15 Å². The van der Waals surface area contributed by atoms with Crippen LogP contribution in [0.2, 0.25) is 5.15 Å². The first-order valence-corrected chi connectivity index (χ1v) is 6.84. The number of hydrogen-bond acceptors (Lipinski definition) is 3. The first-order valence-electron chi connectivity index (χ1n) is 5.66. The van der Waals surface area contributed by atoms with E-state index in [-0.39, 0.29) is 23.7 Å². The Hall–Kier alpha value is -0.650. The summed E-state index contributed by atoms with van der Waals surface area (Å²) in [5, 5.41) is 12.1. The van der Waals surface area contributed by atoms with Crippen LogP contribution in [0.1, 0.15) is 30.6 Å². The summed E-state index contributed by atoms with van der Waals surface area (Å²) in [6.07, 6.45) is 2.23. The molecular formula is C12H16BrClN2O2. The lowest BCUT2D eigenvalue weighted by Gasteiger charge is -2.18. The summed E-state index contributed by atoms with van der Waals surface area (Å²) in [6, 6.07) is 1.33. The summed E-state index contributed by atoms with van der Waals surface area (Å²) in [5.41, 5.74) is 0.299. The van der Waals surface area contributed by atoms with Crippen LogP contribution in [0.4, 0.5) is 0 Å². The van der Waals surface area contributed by atoms with Crippen molar-refractivity contribution in [3.05, 3.63) is 27.5 Å². The topological polar surface area (TPSA) is 62.2 Å². The maximum atomic E-state index is 12.0. The van der Waals surface area contributed by atoms with E-state index in [2.05, 4.69) is 26.2 Å². The third-order valence-electron chi connectivity index (χ3n) is 2.36. The first-order chi connectivity index (χ1) is 8.43. The third kappa shape index (κ3) is 4.55. The number of aromatic nitrogens is 1. The number of carbonyl (C=O) groups excluding carboxylic acids is 1. The zero-order valence-electron chi connectivity index (χ0n) is 10.3. The van der Waals surface area contributed by atoms with Crippen LogP contribution in [0.3, 0.4) is 0 Å². The second-order valence-electron chi connectivity index (χ2n) is 4.47. The van der Waals surface area contributed by atoms with E-state index in [1.54, 1.807) is 6.07 Å². The van der Waals surface area contributed by atoms with Gasteiger partial charge >= 0.3 is 0 Å². The average Bonchev–Trinajstić information content (AvgIpc) is 2.30. The highest BCUT2D eigenvalue weighted by Gasteiger charge is 2.17. The molecule has 1 atom stereocenters. The van der Waals surface area contributed by atoms with Gasteiger partial charge in [0.15, 0.2) is 0 Å². The van der Waals surface area contributed by atoms with Gasteiger partial charge in [0.25, 0.3) is 5.91 Å². The molecule has 0 fully saturated rings. The molecule has 6 heteroatoms. The maximum absolute atomic E-state index is 12.0. The van der Waals surface area contributed by atoms with E-state index >= 15 is 0 Å². The van der Waals surface area contributed by atoms with Gasteiger partial charge < -0.3 is 10.4 Å². The zero-order valence-corrected chi connectivity index (χ0v) is 12.6. The Labute approximate surface area is 120 Å². The van der Waals surface area contributed by atoms with Gasteiger partial charge in [-0.1, -0.05) is 25.4 Å². The monoisotopic (exact) mass is 334 g/mol. The number of rotatable bonds is 5. The van der Waals surface area contributed by atoms with Gasteiger partial charge in [-0.15, -0.1) is 0 Å². The number of amides is 1. The van der Waals surface area contributed by atoms with Gasteiger partial charge in [-0.2, -0.15) is 0 Å². The van der Waals surface area contributed by atoms with Gasteiger partial charge in [0.2, 0.25) is 0 Å². The van der Waals surface area contributed by atoms with E-state index < -0.39 is 0 Å². The normalized spacial score (nSPS) is 12.6. The highest BCUT2D eigenvalue weighted by atomic mass is 79.9. The Kier molecular flexibility index (Phi) is 6.05. The van der Waals surface area contributed by atoms with Crippen molar-refractivity contribution < 1.29 is 9.90 Å². The lowest BCUT2D eigenvalue weighted by molar-refractivity contribution is 0.0908. The third-order valence-corrected chi connectivity index (χ3v) is 3.10. The average molecular weight is 336 g/mol. The van der Waals surface area contributed by atoms with Crippen LogP contribution in [-0.2, 0) is 0 Å². The zero-order chi connectivity index (χ0) is 13.7. The van der Waals surface area contributed by atoms with Crippen LogP contribution in [-0.4, -0.2) is 28.6 Å². The highest BCUT2D eigenvalue weighted by Crippen LogP contribution is 2.18. The number of pyridine rings is 1. The van der Waals surface area contributed by atoms with E-state index in [0.29, 0.717) is 22.4 Å². The molecule has 2 N–H and O–H groups in total. The molecule has 1 aromatic heterocycles. The molecule has 1 amide bonds. The number of aliphatic hydroxyl groups is 1. The van der Waals surface area contributed by atoms with Crippen molar-refractivity contribution in [1.82, 2.24) is 10.3 Å². The fourth-order valence-corrected chi connectivity index (χ4v) is 2.11. The van der Waals surface area contributed by atoms with Crippen molar-refractivity contribution >= 4 is 33.4 Å². The summed E-state index contributed by atoms with van der Waals surface area (Å²) < 4.78 is 0.682. The maximum Gasteiger partial charge on any atom is 0.254 e. The number of nitrogens with one attached hydrogen (secondary N) is 1. The van der Waals surface area contributed by atoms with Gasteiger partial charge in [-0.05, 0) is 34.3 Å². The Bertz CT molecular complexity index is 427. The molecule has 1 heterocycles. The van der Waals surface area contributed by atoms with E-state index in [1.165, 1.54) is 6.20 Å².